The first-order valence-corrected chi connectivity index (χ1v) is 7.00. The van der Waals surface area contributed by atoms with E-state index >= 15 is 0 Å². The van der Waals surface area contributed by atoms with Crippen LogP contribution in [0.1, 0.15) is 38.5 Å². The molecule has 1 aromatic rings. The van der Waals surface area contributed by atoms with E-state index in [-0.39, 0.29) is 23.4 Å². The van der Waals surface area contributed by atoms with Gasteiger partial charge < -0.3 is 11.1 Å². The molecule has 1 aliphatic carbocycles. The second-order valence-electron chi connectivity index (χ2n) is 5.61. The molecule has 0 atom stereocenters. The highest BCUT2D eigenvalue weighted by molar-refractivity contribution is 5.91. The average molecular weight is 282 g/mol. The lowest BCUT2D eigenvalue weighted by Crippen LogP contribution is -2.36. The third kappa shape index (κ3) is 3.54. The predicted octanol–water partition coefficient (Wildman–Crippen LogP) is 3.20. The van der Waals surface area contributed by atoms with Gasteiger partial charge in [0.1, 0.15) is 11.6 Å². The van der Waals surface area contributed by atoms with Gasteiger partial charge in [0.2, 0.25) is 5.91 Å². The smallest absolute Gasteiger partial charge is 0.225 e. The Kier molecular flexibility index (Phi) is 4.70. The Morgan fingerprint density at radius 1 is 1.25 bits per heavy atom. The molecule has 0 unspecified atom stereocenters. The number of amides is 1. The van der Waals surface area contributed by atoms with Crippen LogP contribution in [0.3, 0.4) is 0 Å². The minimum atomic E-state index is -0.634. The summed E-state index contributed by atoms with van der Waals surface area (Å²) in [4.78, 5) is 12.1. The molecule has 3 N–H and O–H groups in total. The number of hydrogen-bond donors (Lipinski definition) is 2. The molecule has 0 heterocycles. The molecule has 2 rings (SSSR count). The van der Waals surface area contributed by atoms with Crippen molar-refractivity contribution < 1.29 is 13.6 Å². The quantitative estimate of drug-likeness (QED) is 0.891. The fourth-order valence-electron chi connectivity index (χ4n) is 2.88. The summed E-state index contributed by atoms with van der Waals surface area (Å²) >= 11 is 0. The molecule has 1 fully saturated rings. The molecule has 0 bridgehead atoms. The van der Waals surface area contributed by atoms with Gasteiger partial charge in [-0.05, 0) is 36.9 Å². The number of anilines is 1. The monoisotopic (exact) mass is 282 g/mol. The van der Waals surface area contributed by atoms with Gasteiger partial charge in [0, 0.05) is 12.5 Å². The Hall–Kier alpha value is -1.49. The predicted molar refractivity (Wildman–Crippen MR) is 74.2 cm³/mol. The van der Waals surface area contributed by atoms with Crippen molar-refractivity contribution in [3.8, 4) is 0 Å². The molecule has 1 amide bonds. The largest absolute Gasteiger partial charge is 0.330 e. The topological polar surface area (TPSA) is 55.1 Å². The van der Waals surface area contributed by atoms with Crippen molar-refractivity contribution in [1.29, 1.82) is 0 Å². The van der Waals surface area contributed by atoms with Gasteiger partial charge in [-0.25, -0.2) is 8.78 Å². The highest BCUT2D eigenvalue weighted by Crippen LogP contribution is 2.38. The van der Waals surface area contributed by atoms with Gasteiger partial charge in [-0.2, -0.15) is 0 Å². The third-order valence-corrected chi connectivity index (χ3v) is 4.09. The molecular weight excluding hydrogens is 262 g/mol. The molecule has 0 radical (unpaired) electrons. The van der Waals surface area contributed by atoms with Crippen molar-refractivity contribution in [1.82, 2.24) is 0 Å². The summed E-state index contributed by atoms with van der Waals surface area (Å²) in [6.45, 7) is 0.450. The van der Waals surface area contributed by atoms with Crippen LogP contribution in [-0.2, 0) is 4.79 Å². The number of nitrogens with two attached hydrogens (primary N) is 1. The molecule has 5 heteroatoms. The number of carbonyl (C=O) groups excluding carboxylic acids is 1. The normalized spacial score (nSPS) is 17.8. The van der Waals surface area contributed by atoms with Gasteiger partial charge in [-0.1, -0.05) is 19.3 Å². The van der Waals surface area contributed by atoms with E-state index in [1.165, 1.54) is 6.42 Å². The van der Waals surface area contributed by atoms with Crippen LogP contribution >= 0.6 is 0 Å². The molecule has 1 saturated carbocycles. The lowest BCUT2D eigenvalue weighted by atomic mass is 9.71. The summed E-state index contributed by atoms with van der Waals surface area (Å²) in [6, 6.07) is 3.01. The Morgan fingerprint density at radius 3 is 2.60 bits per heavy atom. The van der Waals surface area contributed by atoms with Crippen molar-refractivity contribution in [2.75, 3.05) is 11.9 Å². The van der Waals surface area contributed by atoms with E-state index in [0.29, 0.717) is 6.54 Å². The van der Waals surface area contributed by atoms with Crippen LogP contribution in [0.15, 0.2) is 18.2 Å². The molecular formula is C15H20F2N2O. The van der Waals surface area contributed by atoms with Crippen LogP contribution in [0.5, 0.6) is 0 Å². The highest BCUT2D eigenvalue weighted by Gasteiger charge is 2.33. The molecule has 3 nitrogen and oxygen atoms in total. The lowest BCUT2D eigenvalue weighted by Gasteiger charge is -2.35. The zero-order valence-corrected chi connectivity index (χ0v) is 11.4. The minimum Gasteiger partial charge on any atom is -0.330 e. The number of halogens is 2. The van der Waals surface area contributed by atoms with Crippen molar-refractivity contribution in [3.05, 3.63) is 29.8 Å². The fraction of sp³-hybridized carbons (Fsp3) is 0.533. The van der Waals surface area contributed by atoms with E-state index in [4.69, 9.17) is 5.73 Å². The zero-order chi connectivity index (χ0) is 14.6. The van der Waals surface area contributed by atoms with Gasteiger partial charge in [0.25, 0.3) is 0 Å². The molecule has 0 aromatic heterocycles. The molecule has 0 spiro atoms. The Balaban J connectivity index is 2.02. The molecule has 110 valence electrons. The fourth-order valence-corrected chi connectivity index (χ4v) is 2.88. The summed E-state index contributed by atoms with van der Waals surface area (Å²) in [5.41, 5.74) is 5.52. The summed E-state index contributed by atoms with van der Waals surface area (Å²) < 4.78 is 26.5. The molecule has 0 saturated heterocycles. The SMILES string of the molecule is NCC1(CC(=O)Nc2cc(F)ccc2F)CCCCC1. The summed E-state index contributed by atoms with van der Waals surface area (Å²) in [5.74, 6) is -1.51. The van der Waals surface area contributed by atoms with E-state index in [1.54, 1.807) is 0 Å². The Labute approximate surface area is 117 Å². The number of rotatable bonds is 4. The van der Waals surface area contributed by atoms with E-state index in [9.17, 15) is 13.6 Å². The first-order chi connectivity index (χ1) is 9.54. The Bertz CT molecular complexity index is 485. The van der Waals surface area contributed by atoms with Crippen molar-refractivity contribution in [2.24, 2.45) is 11.1 Å². The van der Waals surface area contributed by atoms with E-state index in [0.717, 1.165) is 43.9 Å². The zero-order valence-electron chi connectivity index (χ0n) is 11.4. The van der Waals surface area contributed by atoms with Crippen LogP contribution in [-0.4, -0.2) is 12.5 Å². The maximum absolute atomic E-state index is 13.5. The molecule has 1 aromatic carbocycles. The molecule has 1 aliphatic rings. The van der Waals surface area contributed by atoms with Gasteiger partial charge >= 0.3 is 0 Å². The number of hydrogen-bond acceptors (Lipinski definition) is 2. The van der Waals surface area contributed by atoms with Gasteiger partial charge in [0.05, 0.1) is 5.69 Å². The van der Waals surface area contributed by atoms with Gasteiger partial charge in [0.15, 0.2) is 0 Å². The van der Waals surface area contributed by atoms with Crippen LogP contribution in [0, 0.1) is 17.0 Å². The maximum atomic E-state index is 13.5. The highest BCUT2D eigenvalue weighted by atomic mass is 19.1. The second kappa shape index (κ2) is 6.31. The number of benzene rings is 1. The van der Waals surface area contributed by atoms with E-state index in [1.807, 2.05) is 0 Å². The van der Waals surface area contributed by atoms with Crippen LogP contribution in [0.4, 0.5) is 14.5 Å². The third-order valence-electron chi connectivity index (χ3n) is 4.09. The first-order valence-electron chi connectivity index (χ1n) is 7.00. The molecule has 0 aliphatic heterocycles. The Morgan fingerprint density at radius 2 is 1.95 bits per heavy atom. The van der Waals surface area contributed by atoms with Gasteiger partial charge in [-0.15, -0.1) is 0 Å². The van der Waals surface area contributed by atoms with Crippen LogP contribution < -0.4 is 11.1 Å². The second-order valence-corrected chi connectivity index (χ2v) is 5.61. The van der Waals surface area contributed by atoms with E-state index in [2.05, 4.69) is 5.32 Å². The van der Waals surface area contributed by atoms with Crippen LogP contribution in [0.25, 0.3) is 0 Å². The minimum absolute atomic E-state index is 0.113. The van der Waals surface area contributed by atoms with Crippen LogP contribution in [0.2, 0.25) is 0 Å². The summed E-state index contributed by atoms with van der Waals surface area (Å²) in [7, 11) is 0. The van der Waals surface area contributed by atoms with Crippen molar-refractivity contribution in [2.45, 2.75) is 38.5 Å². The number of nitrogens with one attached hydrogen (secondary N) is 1. The van der Waals surface area contributed by atoms with Crippen molar-refractivity contribution >= 4 is 11.6 Å². The maximum Gasteiger partial charge on any atom is 0.225 e. The number of carbonyl (C=O) groups is 1. The van der Waals surface area contributed by atoms with Gasteiger partial charge in [-0.3, -0.25) is 4.79 Å². The standard InChI is InChI=1S/C15H20F2N2O/c16-11-4-5-12(17)13(8-11)19-14(20)9-15(10-18)6-2-1-3-7-15/h4-5,8H,1-3,6-7,9-10,18H2,(H,19,20). The lowest BCUT2D eigenvalue weighted by molar-refractivity contribution is -0.118. The first kappa shape index (κ1) is 14.9. The average Bonchev–Trinajstić information content (AvgIpc) is 2.44. The van der Waals surface area contributed by atoms with Crippen molar-refractivity contribution in [3.63, 3.8) is 0 Å². The van der Waals surface area contributed by atoms with E-state index < -0.39 is 11.6 Å². The molecule has 20 heavy (non-hydrogen) atoms. The summed E-state index contributed by atoms with van der Waals surface area (Å²) in [5, 5.41) is 2.45. The summed E-state index contributed by atoms with van der Waals surface area (Å²) in [6.07, 6.45) is 5.41.